The van der Waals surface area contributed by atoms with Gasteiger partial charge >= 0.3 is 0 Å². The topological polar surface area (TPSA) is 106 Å². The third-order valence-electron chi connectivity index (χ3n) is 2.33. The van der Waals surface area contributed by atoms with Gasteiger partial charge < -0.3 is 4.42 Å². The van der Waals surface area contributed by atoms with Crippen molar-refractivity contribution in [1.29, 1.82) is 0 Å². The van der Waals surface area contributed by atoms with Gasteiger partial charge in [-0.1, -0.05) is 0 Å². The Labute approximate surface area is 112 Å². The van der Waals surface area contributed by atoms with Crippen LogP contribution in [-0.4, -0.2) is 35.6 Å². The molecule has 3 aromatic rings. The highest BCUT2D eigenvalue weighted by Crippen LogP contribution is 2.13. The molecule has 1 N–H and O–H groups in total. The summed E-state index contributed by atoms with van der Waals surface area (Å²) in [6.45, 7) is 3.75. The summed E-state index contributed by atoms with van der Waals surface area (Å²) in [5.74, 6) is 2.42. The van der Waals surface area contributed by atoms with Crippen LogP contribution >= 0.6 is 11.3 Å². The summed E-state index contributed by atoms with van der Waals surface area (Å²) >= 11 is 1.52. The van der Waals surface area contributed by atoms with Gasteiger partial charge in [-0.25, -0.2) is 4.98 Å². The molecule has 0 bridgehead atoms. The SMILES string of the molecule is Cc1nc(Cc2nnc(Cc3nnc(C)s3)o2)n[nH]1. The molecule has 3 rings (SSSR count). The van der Waals surface area contributed by atoms with Crippen LogP contribution in [0.1, 0.15) is 33.4 Å². The lowest BCUT2D eigenvalue weighted by molar-refractivity contribution is 0.463. The van der Waals surface area contributed by atoms with Crippen LogP contribution in [0.5, 0.6) is 0 Å². The second kappa shape index (κ2) is 4.84. The van der Waals surface area contributed by atoms with E-state index in [0.29, 0.717) is 30.4 Å². The molecule has 0 atom stereocenters. The number of H-pyrrole nitrogens is 1. The van der Waals surface area contributed by atoms with Gasteiger partial charge in [-0.15, -0.1) is 31.7 Å². The highest BCUT2D eigenvalue weighted by Gasteiger charge is 2.12. The van der Waals surface area contributed by atoms with Crippen LogP contribution in [0.3, 0.4) is 0 Å². The van der Waals surface area contributed by atoms with E-state index in [-0.39, 0.29) is 0 Å². The second-order valence-electron chi connectivity index (χ2n) is 3.99. The molecule has 0 aliphatic heterocycles. The zero-order valence-electron chi connectivity index (χ0n) is 10.4. The van der Waals surface area contributed by atoms with E-state index < -0.39 is 0 Å². The number of hydrogen-bond acceptors (Lipinski definition) is 8. The van der Waals surface area contributed by atoms with Crippen LogP contribution in [0.25, 0.3) is 0 Å². The smallest absolute Gasteiger partial charge is 0.224 e. The van der Waals surface area contributed by atoms with Crippen molar-refractivity contribution in [1.82, 2.24) is 35.6 Å². The van der Waals surface area contributed by atoms with Crippen molar-refractivity contribution in [3.05, 3.63) is 33.4 Å². The number of aromatic amines is 1. The number of nitrogens with zero attached hydrogens (tertiary/aromatic N) is 6. The van der Waals surface area contributed by atoms with E-state index in [1.165, 1.54) is 11.3 Å². The average molecular weight is 277 g/mol. The Kier molecular flexibility index (Phi) is 3.03. The predicted octanol–water partition coefficient (Wildman–Crippen LogP) is 0.838. The van der Waals surface area contributed by atoms with Crippen molar-refractivity contribution in [2.75, 3.05) is 0 Å². The molecule has 3 aromatic heterocycles. The van der Waals surface area contributed by atoms with Crippen LogP contribution in [0, 0.1) is 13.8 Å². The Morgan fingerprint density at radius 3 is 2.47 bits per heavy atom. The Bertz CT molecular complexity index is 629. The zero-order valence-corrected chi connectivity index (χ0v) is 11.2. The van der Waals surface area contributed by atoms with Gasteiger partial charge in [0.2, 0.25) is 11.8 Å². The number of aryl methyl sites for hydroxylation is 2. The zero-order chi connectivity index (χ0) is 13.2. The van der Waals surface area contributed by atoms with Crippen LogP contribution < -0.4 is 0 Å². The molecule has 0 aliphatic carbocycles. The normalized spacial score (nSPS) is 11.1. The van der Waals surface area contributed by atoms with Gasteiger partial charge in [0.05, 0.1) is 12.8 Å². The third-order valence-corrected chi connectivity index (χ3v) is 3.17. The molecular weight excluding hydrogens is 266 g/mol. The number of rotatable bonds is 4. The first kappa shape index (κ1) is 11.9. The van der Waals surface area contributed by atoms with Gasteiger partial charge in [0.15, 0.2) is 5.82 Å². The number of hydrogen-bond donors (Lipinski definition) is 1. The first-order chi connectivity index (χ1) is 9.19. The minimum Gasteiger partial charge on any atom is -0.424 e. The molecule has 0 spiro atoms. The van der Waals surface area contributed by atoms with Gasteiger partial charge in [0, 0.05) is 0 Å². The van der Waals surface area contributed by atoms with Crippen LogP contribution in [0.15, 0.2) is 4.42 Å². The van der Waals surface area contributed by atoms with Crippen LogP contribution in [0.4, 0.5) is 0 Å². The standard InChI is InChI=1S/C10H11N7OS/c1-5-11-7(14-12-5)3-8-15-16-9(18-8)4-10-17-13-6(2)19-10/h3-4H2,1-2H3,(H,11,12,14). The maximum atomic E-state index is 5.53. The molecule has 0 unspecified atom stereocenters. The summed E-state index contributed by atoms with van der Waals surface area (Å²) < 4.78 is 5.53. The van der Waals surface area contributed by atoms with Crippen molar-refractivity contribution in [3.8, 4) is 0 Å². The summed E-state index contributed by atoms with van der Waals surface area (Å²) in [5.41, 5.74) is 0. The Morgan fingerprint density at radius 1 is 1.05 bits per heavy atom. The molecule has 0 radical (unpaired) electrons. The lowest BCUT2D eigenvalue weighted by Crippen LogP contribution is -1.91. The molecule has 3 heterocycles. The fourth-order valence-electron chi connectivity index (χ4n) is 1.57. The minimum atomic E-state index is 0.423. The van der Waals surface area contributed by atoms with Crippen molar-refractivity contribution in [3.63, 3.8) is 0 Å². The lowest BCUT2D eigenvalue weighted by Gasteiger charge is -1.88. The lowest BCUT2D eigenvalue weighted by atomic mass is 10.4. The van der Waals surface area contributed by atoms with Gasteiger partial charge in [-0.05, 0) is 13.8 Å². The van der Waals surface area contributed by atoms with Crippen LogP contribution in [-0.2, 0) is 12.8 Å². The molecule has 0 saturated carbocycles. The van der Waals surface area contributed by atoms with Gasteiger partial charge in [0.25, 0.3) is 0 Å². The van der Waals surface area contributed by atoms with Crippen molar-refractivity contribution in [2.24, 2.45) is 0 Å². The minimum absolute atomic E-state index is 0.423. The summed E-state index contributed by atoms with van der Waals surface area (Å²) in [6, 6.07) is 0. The van der Waals surface area contributed by atoms with Crippen LogP contribution in [0.2, 0.25) is 0 Å². The van der Waals surface area contributed by atoms with Gasteiger partial charge in [-0.2, -0.15) is 5.10 Å². The Hall–Kier alpha value is -2.16. The second-order valence-corrected chi connectivity index (χ2v) is 5.26. The summed E-state index contributed by atoms with van der Waals surface area (Å²) in [7, 11) is 0. The first-order valence-corrected chi connectivity index (χ1v) is 6.49. The molecular formula is C10H11N7OS. The third kappa shape index (κ3) is 2.81. The van der Waals surface area contributed by atoms with E-state index in [0.717, 1.165) is 15.8 Å². The van der Waals surface area contributed by atoms with E-state index in [1.807, 2.05) is 13.8 Å². The summed E-state index contributed by atoms with van der Waals surface area (Å²) in [6.07, 6.45) is 0.929. The molecule has 19 heavy (non-hydrogen) atoms. The van der Waals surface area contributed by atoms with Gasteiger partial charge in [-0.3, -0.25) is 5.10 Å². The Morgan fingerprint density at radius 2 is 1.84 bits per heavy atom. The molecule has 0 amide bonds. The fraction of sp³-hybridized carbons (Fsp3) is 0.400. The Balaban J connectivity index is 1.69. The average Bonchev–Trinajstić information content (AvgIpc) is 3.05. The monoisotopic (exact) mass is 277 g/mol. The largest absolute Gasteiger partial charge is 0.424 e. The molecule has 0 aromatic carbocycles. The van der Waals surface area contributed by atoms with E-state index in [2.05, 4.69) is 35.6 Å². The van der Waals surface area contributed by atoms with Gasteiger partial charge in [0.1, 0.15) is 15.8 Å². The highest BCUT2D eigenvalue weighted by molar-refractivity contribution is 7.11. The summed E-state index contributed by atoms with van der Waals surface area (Å²) in [4.78, 5) is 4.19. The van der Waals surface area contributed by atoms with E-state index in [1.54, 1.807) is 0 Å². The van der Waals surface area contributed by atoms with Crippen molar-refractivity contribution >= 4 is 11.3 Å². The molecule has 0 saturated heterocycles. The molecule has 9 heteroatoms. The maximum Gasteiger partial charge on any atom is 0.224 e. The molecule has 0 fully saturated rings. The molecule has 0 aliphatic rings. The fourth-order valence-corrected chi connectivity index (χ4v) is 2.27. The quantitative estimate of drug-likeness (QED) is 0.752. The van der Waals surface area contributed by atoms with E-state index in [4.69, 9.17) is 4.42 Å². The number of nitrogens with one attached hydrogen (secondary N) is 1. The molecule has 8 nitrogen and oxygen atoms in total. The van der Waals surface area contributed by atoms with Crippen molar-refractivity contribution in [2.45, 2.75) is 26.7 Å². The van der Waals surface area contributed by atoms with Crippen molar-refractivity contribution < 1.29 is 4.42 Å². The summed E-state index contributed by atoms with van der Waals surface area (Å²) in [5, 5.41) is 24.5. The van der Waals surface area contributed by atoms with E-state index in [9.17, 15) is 0 Å². The number of aromatic nitrogens is 7. The maximum absolute atomic E-state index is 5.53. The highest BCUT2D eigenvalue weighted by atomic mass is 32.1. The van der Waals surface area contributed by atoms with E-state index >= 15 is 0 Å². The first-order valence-electron chi connectivity index (χ1n) is 5.67. The molecule has 98 valence electrons. The predicted molar refractivity (Wildman–Crippen MR) is 65.7 cm³/mol.